The van der Waals surface area contributed by atoms with E-state index in [1.165, 1.54) is 0 Å². The molecule has 0 aliphatic heterocycles. The first kappa shape index (κ1) is 20.4. The number of benzene rings is 3. The van der Waals surface area contributed by atoms with Crippen LogP contribution in [0, 0.1) is 0 Å². The first-order chi connectivity index (χ1) is 14.7. The van der Waals surface area contributed by atoms with E-state index in [9.17, 15) is 4.79 Å². The predicted molar refractivity (Wildman–Crippen MR) is 129 cm³/mol. The van der Waals surface area contributed by atoms with Crippen LogP contribution in [0.5, 0.6) is 0 Å². The number of nitrogens with zero attached hydrogens (tertiary/aromatic N) is 1. The summed E-state index contributed by atoms with van der Waals surface area (Å²) in [6.45, 7) is 0. The van der Waals surface area contributed by atoms with Crippen molar-refractivity contribution in [3.63, 3.8) is 0 Å². The number of Topliss-reactive ketones (excluding diaryl/α,β-unsaturated/α-hetero) is 1. The van der Waals surface area contributed by atoms with E-state index in [2.05, 4.69) is 29.2 Å². The van der Waals surface area contributed by atoms with Crippen molar-refractivity contribution in [2.45, 2.75) is 12.1 Å². The quantitative estimate of drug-likeness (QED) is 0.287. The normalized spacial score (nSPS) is 12.3. The molecule has 3 aromatic carbocycles. The fraction of sp³-hybridized carbons (Fsp3) is 0.0769. The van der Waals surface area contributed by atoms with E-state index < -0.39 is 6.04 Å². The summed E-state index contributed by atoms with van der Waals surface area (Å²) in [5, 5.41) is 2.20. The predicted octanol–water partition coefficient (Wildman–Crippen LogP) is 5.53. The van der Waals surface area contributed by atoms with Crippen LogP contribution in [0.3, 0.4) is 0 Å². The van der Waals surface area contributed by atoms with Crippen molar-refractivity contribution in [1.82, 2.24) is 4.98 Å². The van der Waals surface area contributed by atoms with E-state index in [1.54, 1.807) is 6.20 Å². The fourth-order valence-corrected chi connectivity index (χ4v) is 8.19. The van der Waals surface area contributed by atoms with Gasteiger partial charge >= 0.3 is 0 Å². The zero-order valence-corrected chi connectivity index (χ0v) is 18.2. The van der Waals surface area contributed by atoms with Crippen molar-refractivity contribution in [3.05, 3.63) is 127 Å². The minimum atomic E-state index is -2.38. The average Bonchev–Trinajstić information content (AvgIpc) is 2.84. The lowest BCUT2D eigenvalue weighted by Gasteiger charge is -2.32. The lowest BCUT2D eigenvalue weighted by molar-refractivity contribution is 0.0981. The smallest absolute Gasteiger partial charge is 0.163 e. The summed E-state index contributed by atoms with van der Waals surface area (Å²) in [4.78, 5) is 17.9. The van der Waals surface area contributed by atoms with Gasteiger partial charge in [0.1, 0.15) is 0 Å². The van der Waals surface area contributed by atoms with Gasteiger partial charge in [-0.15, -0.1) is 0 Å². The fourth-order valence-electron chi connectivity index (χ4n) is 3.72. The van der Waals surface area contributed by atoms with Gasteiger partial charge in [0, 0.05) is 35.6 Å². The Kier molecular flexibility index (Phi) is 6.32. The maximum absolute atomic E-state index is 13.3. The third-order valence-electron chi connectivity index (χ3n) is 5.22. The van der Waals surface area contributed by atoms with Gasteiger partial charge in [-0.05, 0) is 22.7 Å². The number of hydrogen-bond donors (Lipinski definition) is 0. The zero-order valence-electron chi connectivity index (χ0n) is 16.5. The summed E-state index contributed by atoms with van der Waals surface area (Å²) in [5.74, 6) is 0.0901. The molecule has 1 atom stereocenters. The molecule has 0 aliphatic carbocycles. The number of carbonyl (C=O) groups excluding carboxylic acids is 1. The van der Waals surface area contributed by atoms with Gasteiger partial charge < -0.3 is 0 Å². The summed E-state index contributed by atoms with van der Waals surface area (Å²) < 4.78 is 0. The van der Waals surface area contributed by atoms with Gasteiger partial charge in [0.2, 0.25) is 0 Å². The highest BCUT2D eigenvalue weighted by Gasteiger charge is 2.35. The number of carbonyl (C=O) groups is 1. The van der Waals surface area contributed by atoms with Crippen LogP contribution in [0.1, 0.15) is 28.1 Å². The molecule has 0 saturated carbocycles. The second-order valence-electron chi connectivity index (χ2n) is 7.09. The van der Waals surface area contributed by atoms with Gasteiger partial charge in [-0.2, -0.15) is 0 Å². The van der Waals surface area contributed by atoms with Gasteiger partial charge in [-0.25, -0.2) is 0 Å². The molecule has 0 radical (unpaired) electrons. The van der Waals surface area contributed by atoms with Crippen LogP contribution in [0.15, 0.2) is 115 Å². The lowest BCUT2D eigenvalue weighted by Crippen LogP contribution is -2.23. The van der Waals surface area contributed by atoms with Gasteiger partial charge in [-0.1, -0.05) is 109 Å². The molecule has 0 saturated heterocycles. The Morgan fingerprint density at radius 3 is 1.73 bits per heavy atom. The highest BCUT2D eigenvalue weighted by molar-refractivity contribution is 8.22. The minimum absolute atomic E-state index is 0.0901. The molecule has 4 rings (SSSR count). The molecule has 0 N–H and O–H groups in total. The summed E-state index contributed by atoms with van der Waals surface area (Å²) in [6, 6.07) is 33.4. The number of ketones is 1. The first-order valence-corrected chi connectivity index (χ1v) is 12.8. The van der Waals surface area contributed by atoms with E-state index in [0.717, 1.165) is 16.3 Å². The van der Waals surface area contributed by atoms with Crippen LogP contribution in [0.4, 0.5) is 0 Å². The van der Waals surface area contributed by atoms with Crippen molar-refractivity contribution in [2.75, 3.05) is 0 Å². The molecule has 2 nitrogen and oxygen atoms in total. The van der Waals surface area contributed by atoms with Crippen molar-refractivity contribution in [2.24, 2.45) is 0 Å². The summed E-state index contributed by atoms with van der Waals surface area (Å²) in [7, 11) is 0. The Morgan fingerprint density at radius 1 is 0.733 bits per heavy atom. The summed E-state index contributed by atoms with van der Waals surface area (Å²) in [5.41, 5.74) is 1.39. The van der Waals surface area contributed by atoms with Crippen molar-refractivity contribution < 1.29 is 4.79 Å². The molecule has 4 heteroatoms. The third-order valence-corrected chi connectivity index (χ3v) is 10.7. The Bertz CT molecular complexity index is 1110. The SMILES string of the molecule is O=C(C[C@@H](c1ccccn1)P(=S)(c1ccccc1)c1ccccc1)c1ccccc1. The van der Waals surface area contributed by atoms with Crippen LogP contribution < -0.4 is 10.6 Å². The first-order valence-electron chi connectivity index (χ1n) is 9.90. The second-order valence-corrected chi connectivity index (χ2v) is 11.8. The Hall–Kier alpha value is -2.87. The maximum Gasteiger partial charge on any atom is 0.163 e. The lowest BCUT2D eigenvalue weighted by atomic mass is 10.0. The van der Waals surface area contributed by atoms with Crippen LogP contribution in [-0.2, 0) is 11.8 Å². The molecule has 1 heterocycles. The average molecular weight is 428 g/mol. The number of aromatic nitrogens is 1. The molecule has 0 unspecified atom stereocenters. The zero-order chi connectivity index (χ0) is 20.8. The molecule has 0 fully saturated rings. The number of pyridine rings is 1. The van der Waals surface area contributed by atoms with Gasteiger partial charge in [0.15, 0.2) is 5.78 Å². The van der Waals surface area contributed by atoms with Crippen LogP contribution in [-0.4, -0.2) is 10.8 Å². The minimum Gasteiger partial charge on any atom is -0.294 e. The molecular weight excluding hydrogens is 405 g/mol. The Labute approximate surface area is 182 Å². The van der Waals surface area contributed by atoms with Crippen molar-refractivity contribution >= 4 is 34.2 Å². The van der Waals surface area contributed by atoms with E-state index in [1.807, 2.05) is 84.9 Å². The van der Waals surface area contributed by atoms with E-state index in [-0.39, 0.29) is 11.4 Å². The molecule has 0 aliphatic rings. The van der Waals surface area contributed by atoms with Crippen LogP contribution in [0.2, 0.25) is 0 Å². The second kappa shape index (κ2) is 9.30. The van der Waals surface area contributed by atoms with E-state index >= 15 is 0 Å². The van der Waals surface area contributed by atoms with Crippen LogP contribution in [0.25, 0.3) is 0 Å². The molecule has 4 aromatic rings. The Morgan fingerprint density at radius 2 is 1.23 bits per heavy atom. The molecule has 148 valence electrons. The monoisotopic (exact) mass is 427 g/mol. The highest BCUT2D eigenvalue weighted by Crippen LogP contribution is 2.58. The topological polar surface area (TPSA) is 30.0 Å². The largest absolute Gasteiger partial charge is 0.294 e. The summed E-state index contributed by atoms with van der Waals surface area (Å²) in [6.07, 6.45) is 2.10. The van der Waals surface area contributed by atoms with Crippen LogP contribution >= 0.6 is 6.04 Å². The molecule has 0 spiro atoms. The highest BCUT2D eigenvalue weighted by atomic mass is 32.4. The van der Waals surface area contributed by atoms with E-state index in [4.69, 9.17) is 11.8 Å². The van der Waals surface area contributed by atoms with Gasteiger partial charge in [0.25, 0.3) is 0 Å². The maximum atomic E-state index is 13.3. The van der Waals surface area contributed by atoms with Crippen molar-refractivity contribution in [3.8, 4) is 0 Å². The van der Waals surface area contributed by atoms with E-state index in [0.29, 0.717) is 12.0 Å². The van der Waals surface area contributed by atoms with Gasteiger partial charge in [0.05, 0.1) is 0 Å². The molecular formula is C26H22NOPS. The standard InChI is InChI=1S/C26H22NOPS/c28-25(21-12-4-1-5-13-21)20-26(24-18-10-11-19-27-24)29(30,22-14-6-2-7-15-22)23-16-8-3-9-17-23/h1-19,26H,20H2/t26-/m0/s1. The summed E-state index contributed by atoms with van der Waals surface area (Å²) >= 11 is 6.53. The third kappa shape index (κ3) is 4.18. The molecule has 0 amide bonds. The Balaban J connectivity index is 1.88. The molecule has 0 bridgehead atoms. The van der Waals surface area contributed by atoms with Crippen molar-refractivity contribution in [1.29, 1.82) is 0 Å². The molecule has 30 heavy (non-hydrogen) atoms. The van der Waals surface area contributed by atoms with Gasteiger partial charge in [-0.3, -0.25) is 9.78 Å². The number of rotatable bonds is 7. The number of hydrogen-bond acceptors (Lipinski definition) is 3. The molecule has 1 aromatic heterocycles.